The van der Waals surface area contributed by atoms with Crippen molar-refractivity contribution in [2.24, 2.45) is 5.73 Å². The summed E-state index contributed by atoms with van der Waals surface area (Å²) in [5.74, 6) is 0.148. The third-order valence-corrected chi connectivity index (χ3v) is 3.91. The van der Waals surface area contributed by atoms with Gasteiger partial charge in [0.15, 0.2) is 0 Å². The third-order valence-electron chi connectivity index (χ3n) is 3.91. The van der Waals surface area contributed by atoms with E-state index >= 15 is 0 Å². The van der Waals surface area contributed by atoms with E-state index in [0.717, 1.165) is 16.7 Å². The minimum absolute atomic E-state index is 0.414. The number of ether oxygens (including phenoxy) is 1. The average Bonchev–Trinajstić information content (AvgIpc) is 2.53. The number of hydroxylamine groups is 1. The van der Waals surface area contributed by atoms with Gasteiger partial charge in [-0.05, 0) is 29.2 Å². The number of methoxy groups -OCH3 is 1. The van der Waals surface area contributed by atoms with Crippen LogP contribution in [0.1, 0.15) is 16.7 Å². The van der Waals surface area contributed by atoms with E-state index in [2.05, 4.69) is 0 Å². The first-order valence-corrected chi connectivity index (χ1v) is 7.12. The molecule has 0 saturated heterocycles. The second kappa shape index (κ2) is 5.79. The Hall–Kier alpha value is -2.37. The van der Waals surface area contributed by atoms with Crippen LogP contribution >= 0.6 is 0 Å². The van der Waals surface area contributed by atoms with Gasteiger partial charge in [-0.2, -0.15) is 5.06 Å². The number of rotatable bonds is 3. The van der Waals surface area contributed by atoms with Crippen LogP contribution in [0.15, 0.2) is 42.5 Å². The van der Waals surface area contributed by atoms with Crippen molar-refractivity contribution >= 4 is 11.6 Å². The van der Waals surface area contributed by atoms with E-state index in [1.54, 1.807) is 13.2 Å². The van der Waals surface area contributed by atoms with E-state index in [4.69, 9.17) is 10.5 Å². The topological polar surface area (TPSA) is 75.8 Å². The molecule has 1 atom stereocenters. The van der Waals surface area contributed by atoms with Crippen LogP contribution in [-0.2, 0) is 17.6 Å². The molecule has 3 rings (SSSR count). The van der Waals surface area contributed by atoms with E-state index in [-0.39, 0.29) is 0 Å². The Morgan fingerprint density at radius 2 is 2.05 bits per heavy atom. The molecule has 0 bridgehead atoms. The highest BCUT2D eigenvalue weighted by molar-refractivity contribution is 5.98. The van der Waals surface area contributed by atoms with Crippen molar-refractivity contribution < 1.29 is 14.7 Å². The molecule has 0 aliphatic carbocycles. The summed E-state index contributed by atoms with van der Waals surface area (Å²) in [4.78, 5) is 11.8. The van der Waals surface area contributed by atoms with Crippen LogP contribution in [0.5, 0.6) is 5.75 Å². The summed E-state index contributed by atoms with van der Waals surface area (Å²) in [6.07, 6.45) is 1.13. The van der Waals surface area contributed by atoms with Crippen molar-refractivity contribution in [3.05, 3.63) is 59.2 Å². The Bertz CT molecular complexity index is 701. The van der Waals surface area contributed by atoms with Crippen molar-refractivity contribution in [3.63, 3.8) is 0 Å². The minimum Gasteiger partial charge on any atom is -0.496 e. The summed E-state index contributed by atoms with van der Waals surface area (Å²) < 4.78 is 5.41. The van der Waals surface area contributed by atoms with Gasteiger partial charge in [0.25, 0.3) is 5.91 Å². The first kappa shape index (κ1) is 14.6. The maximum atomic E-state index is 11.8. The standard InChI is InChI=1S/C17H18N2O3/c1-22-16-10-15-12(9-14(18)17(20)19(15)21)8-13(16)7-11-5-3-2-4-6-11/h2-6,8,10,14,21H,7,9,18H2,1H3. The van der Waals surface area contributed by atoms with Gasteiger partial charge in [0.05, 0.1) is 18.8 Å². The molecule has 5 nitrogen and oxygen atoms in total. The van der Waals surface area contributed by atoms with Crippen molar-refractivity contribution in [1.29, 1.82) is 0 Å². The lowest BCUT2D eigenvalue weighted by Gasteiger charge is -2.28. The first-order chi connectivity index (χ1) is 10.6. The Labute approximate surface area is 128 Å². The van der Waals surface area contributed by atoms with Gasteiger partial charge in [-0.25, -0.2) is 0 Å². The summed E-state index contributed by atoms with van der Waals surface area (Å²) in [6, 6.07) is 13.0. The molecule has 5 heteroatoms. The minimum atomic E-state index is -0.713. The SMILES string of the molecule is COc1cc2c(cc1Cc1ccccc1)CC(N)C(=O)N2O. The van der Waals surface area contributed by atoms with Crippen LogP contribution in [0.4, 0.5) is 5.69 Å². The molecule has 2 aromatic carbocycles. The summed E-state index contributed by atoms with van der Waals surface area (Å²) in [5, 5.41) is 10.6. The van der Waals surface area contributed by atoms with Crippen molar-refractivity contribution in [1.82, 2.24) is 0 Å². The molecule has 3 N–H and O–H groups in total. The smallest absolute Gasteiger partial charge is 0.267 e. The summed E-state index contributed by atoms with van der Waals surface area (Å²) in [5.41, 5.74) is 9.23. The lowest BCUT2D eigenvalue weighted by molar-refractivity contribution is -0.125. The molecule has 1 heterocycles. The third kappa shape index (κ3) is 2.56. The maximum absolute atomic E-state index is 11.8. The number of hydrogen-bond acceptors (Lipinski definition) is 4. The molecule has 1 aliphatic rings. The van der Waals surface area contributed by atoms with Gasteiger partial charge >= 0.3 is 0 Å². The molecular formula is C17H18N2O3. The zero-order chi connectivity index (χ0) is 15.7. The van der Waals surface area contributed by atoms with Crippen LogP contribution in [0.3, 0.4) is 0 Å². The zero-order valence-corrected chi connectivity index (χ0v) is 12.3. The monoisotopic (exact) mass is 298 g/mol. The van der Waals surface area contributed by atoms with Gasteiger partial charge in [-0.15, -0.1) is 0 Å². The average molecular weight is 298 g/mol. The van der Waals surface area contributed by atoms with Crippen LogP contribution < -0.4 is 15.5 Å². The molecule has 0 aromatic heterocycles. The highest BCUT2D eigenvalue weighted by Gasteiger charge is 2.30. The molecular weight excluding hydrogens is 280 g/mol. The van der Waals surface area contributed by atoms with Crippen LogP contribution in [-0.4, -0.2) is 24.3 Å². The Balaban J connectivity index is 2.02. The lowest BCUT2D eigenvalue weighted by atomic mass is 9.94. The number of anilines is 1. The van der Waals surface area contributed by atoms with Gasteiger partial charge in [0.1, 0.15) is 5.75 Å². The number of carbonyl (C=O) groups excluding carboxylic acids is 1. The Kier molecular flexibility index (Phi) is 3.83. The fraction of sp³-hybridized carbons (Fsp3) is 0.235. The molecule has 2 aromatic rings. The molecule has 0 radical (unpaired) electrons. The van der Waals surface area contributed by atoms with E-state index in [1.807, 2.05) is 36.4 Å². The largest absolute Gasteiger partial charge is 0.496 e. The van der Waals surface area contributed by atoms with Crippen LogP contribution in [0.2, 0.25) is 0 Å². The van der Waals surface area contributed by atoms with E-state index in [0.29, 0.717) is 29.3 Å². The molecule has 114 valence electrons. The number of carbonyl (C=O) groups is 1. The molecule has 0 saturated carbocycles. The number of benzene rings is 2. The molecule has 22 heavy (non-hydrogen) atoms. The Morgan fingerprint density at radius 3 is 2.73 bits per heavy atom. The number of hydrogen-bond donors (Lipinski definition) is 2. The van der Waals surface area contributed by atoms with E-state index in [1.165, 1.54) is 0 Å². The Morgan fingerprint density at radius 1 is 1.32 bits per heavy atom. The molecule has 1 aliphatic heterocycles. The number of amides is 1. The fourth-order valence-corrected chi connectivity index (χ4v) is 2.77. The van der Waals surface area contributed by atoms with Gasteiger partial charge < -0.3 is 10.5 Å². The molecule has 0 fully saturated rings. The highest BCUT2D eigenvalue weighted by Crippen LogP contribution is 2.34. The predicted molar refractivity (Wildman–Crippen MR) is 83.2 cm³/mol. The number of fused-ring (bicyclic) bond motifs is 1. The molecule has 1 amide bonds. The highest BCUT2D eigenvalue weighted by atomic mass is 16.5. The van der Waals surface area contributed by atoms with Gasteiger partial charge in [0.2, 0.25) is 0 Å². The van der Waals surface area contributed by atoms with E-state index < -0.39 is 11.9 Å². The normalized spacial score (nSPS) is 17.3. The summed E-state index contributed by atoms with van der Waals surface area (Å²) in [6.45, 7) is 0. The van der Waals surface area contributed by atoms with Crippen molar-refractivity contribution in [2.75, 3.05) is 12.2 Å². The number of nitrogens with two attached hydrogens (primary N) is 1. The first-order valence-electron chi connectivity index (χ1n) is 7.12. The fourth-order valence-electron chi connectivity index (χ4n) is 2.77. The van der Waals surface area contributed by atoms with Crippen molar-refractivity contribution in [2.45, 2.75) is 18.9 Å². The molecule has 0 spiro atoms. The van der Waals surface area contributed by atoms with Gasteiger partial charge in [-0.3, -0.25) is 10.0 Å². The second-order valence-electron chi connectivity index (χ2n) is 5.42. The zero-order valence-electron chi connectivity index (χ0n) is 12.3. The van der Waals surface area contributed by atoms with Gasteiger partial charge in [-0.1, -0.05) is 30.3 Å². The van der Waals surface area contributed by atoms with Crippen LogP contribution in [0, 0.1) is 0 Å². The van der Waals surface area contributed by atoms with E-state index in [9.17, 15) is 10.0 Å². The van der Waals surface area contributed by atoms with Crippen molar-refractivity contribution in [3.8, 4) is 5.75 Å². The van der Waals surface area contributed by atoms with Crippen LogP contribution in [0.25, 0.3) is 0 Å². The second-order valence-corrected chi connectivity index (χ2v) is 5.42. The quantitative estimate of drug-likeness (QED) is 0.849. The lowest BCUT2D eigenvalue weighted by Crippen LogP contribution is -2.47. The maximum Gasteiger partial charge on any atom is 0.267 e. The number of nitrogens with zero attached hydrogens (tertiary/aromatic N) is 1. The van der Waals surface area contributed by atoms with Gasteiger partial charge in [0, 0.05) is 12.5 Å². The predicted octanol–water partition coefficient (Wildman–Crippen LogP) is 1.89. The summed E-state index contributed by atoms with van der Waals surface area (Å²) in [7, 11) is 1.58. The molecule has 1 unspecified atom stereocenters. The summed E-state index contributed by atoms with van der Waals surface area (Å²) >= 11 is 0.